The van der Waals surface area contributed by atoms with E-state index in [1.807, 2.05) is 31.2 Å². The summed E-state index contributed by atoms with van der Waals surface area (Å²) in [5, 5.41) is 2.95. The number of nitrogens with zero attached hydrogens (tertiary/aromatic N) is 1. The van der Waals surface area contributed by atoms with Gasteiger partial charge in [-0.1, -0.05) is 41.9 Å². The Kier molecular flexibility index (Phi) is 4.36. The highest BCUT2D eigenvalue weighted by Gasteiger charge is 2.38. The van der Waals surface area contributed by atoms with Crippen LogP contribution in [0.5, 0.6) is 0 Å². The fraction of sp³-hybridized carbons (Fsp3) is 0.167. The molecule has 0 unspecified atom stereocenters. The van der Waals surface area contributed by atoms with Gasteiger partial charge in [-0.25, -0.2) is 0 Å². The second kappa shape index (κ2) is 6.45. The second-order valence-electron chi connectivity index (χ2n) is 5.56. The minimum absolute atomic E-state index is 0.163. The monoisotopic (exact) mass is 342 g/mol. The molecule has 0 fully saturated rings. The first-order chi connectivity index (χ1) is 11.5. The molecule has 2 aromatic carbocycles. The zero-order valence-electron chi connectivity index (χ0n) is 13.0. The highest BCUT2D eigenvalue weighted by molar-refractivity contribution is 6.37. The molecule has 2 aromatic rings. The van der Waals surface area contributed by atoms with E-state index in [9.17, 15) is 14.4 Å². The summed E-state index contributed by atoms with van der Waals surface area (Å²) in [6.45, 7) is 1.97. The van der Waals surface area contributed by atoms with Crippen molar-refractivity contribution < 1.29 is 14.4 Å². The Morgan fingerprint density at radius 3 is 2.54 bits per heavy atom. The minimum atomic E-state index is -0.536. The maximum Gasteiger partial charge on any atom is 0.263 e. The second-order valence-corrected chi connectivity index (χ2v) is 5.97. The summed E-state index contributed by atoms with van der Waals surface area (Å²) in [6, 6.07) is 12.4. The van der Waals surface area contributed by atoms with Gasteiger partial charge in [0.05, 0.1) is 16.1 Å². The molecule has 0 saturated heterocycles. The largest absolute Gasteiger partial charge is 0.350 e. The van der Waals surface area contributed by atoms with Gasteiger partial charge in [-0.2, -0.15) is 0 Å². The van der Waals surface area contributed by atoms with Gasteiger partial charge in [0.25, 0.3) is 11.8 Å². The number of halogens is 1. The maximum atomic E-state index is 12.3. The average molecular weight is 343 g/mol. The molecule has 122 valence electrons. The maximum absolute atomic E-state index is 12.3. The quantitative estimate of drug-likeness (QED) is 0.868. The summed E-state index contributed by atoms with van der Waals surface area (Å²) in [5.74, 6) is -1.43. The van der Waals surface area contributed by atoms with Crippen molar-refractivity contribution in [2.45, 2.75) is 13.5 Å². The number of benzene rings is 2. The predicted molar refractivity (Wildman–Crippen MR) is 89.8 cm³/mol. The fourth-order valence-corrected chi connectivity index (χ4v) is 2.89. The molecule has 5 nitrogen and oxygen atoms in total. The van der Waals surface area contributed by atoms with E-state index in [0.717, 1.165) is 16.0 Å². The number of fused-ring (bicyclic) bond motifs is 1. The molecular formula is C18H15ClN2O3. The van der Waals surface area contributed by atoms with Gasteiger partial charge >= 0.3 is 0 Å². The number of nitrogens with one attached hydrogen (secondary N) is 1. The molecule has 3 amide bonds. The van der Waals surface area contributed by atoms with Crippen molar-refractivity contribution in [2.75, 3.05) is 6.54 Å². The summed E-state index contributed by atoms with van der Waals surface area (Å²) in [4.78, 5) is 37.7. The molecule has 1 heterocycles. The number of hydrogen-bond acceptors (Lipinski definition) is 3. The molecule has 1 aliphatic rings. The Hall–Kier alpha value is -2.66. The highest BCUT2D eigenvalue weighted by Crippen LogP contribution is 2.28. The van der Waals surface area contributed by atoms with Crippen LogP contribution >= 0.6 is 11.6 Å². The molecule has 0 aromatic heterocycles. The molecule has 1 N–H and O–H groups in total. The molecule has 0 spiro atoms. The van der Waals surface area contributed by atoms with E-state index in [2.05, 4.69) is 5.32 Å². The number of hydrogen-bond donors (Lipinski definition) is 1. The topological polar surface area (TPSA) is 66.5 Å². The van der Waals surface area contributed by atoms with Gasteiger partial charge < -0.3 is 5.32 Å². The van der Waals surface area contributed by atoms with Gasteiger partial charge in [0.15, 0.2) is 0 Å². The molecule has 0 aliphatic carbocycles. The van der Waals surface area contributed by atoms with Gasteiger partial charge in [-0.3, -0.25) is 19.3 Å². The number of aryl methyl sites for hydroxylation is 1. The van der Waals surface area contributed by atoms with E-state index in [-0.39, 0.29) is 22.7 Å². The summed E-state index contributed by atoms with van der Waals surface area (Å²) >= 11 is 5.99. The minimum Gasteiger partial charge on any atom is -0.350 e. The summed E-state index contributed by atoms with van der Waals surface area (Å²) in [5.41, 5.74) is 2.44. The van der Waals surface area contributed by atoms with Gasteiger partial charge in [0.1, 0.15) is 6.54 Å². The van der Waals surface area contributed by atoms with Crippen molar-refractivity contribution in [1.82, 2.24) is 10.2 Å². The van der Waals surface area contributed by atoms with Crippen LogP contribution in [0.15, 0.2) is 42.5 Å². The Labute approximate surface area is 144 Å². The van der Waals surface area contributed by atoms with Crippen LogP contribution in [0, 0.1) is 6.92 Å². The predicted octanol–water partition coefficient (Wildman–Crippen LogP) is 2.56. The van der Waals surface area contributed by atoms with Crippen LogP contribution < -0.4 is 5.32 Å². The number of imide groups is 1. The van der Waals surface area contributed by atoms with Crippen molar-refractivity contribution >= 4 is 29.3 Å². The van der Waals surface area contributed by atoms with Gasteiger partial charge in [-0.05, 0) is 30.2 Å². The molecule has 0 radical (unpaired) electrons. The van der Waals surface area contributed by atoms with Gasteiger partial charge in [-0.15, -0.1) is 0 Å². The Bertz CT molecular complexity index is 848. The molecule has 0 bridgehead atoms. The van der Waals surface area contributed by atoms with Crippen molar-refractivity contribution in [3.05, 3.63) is 69.7 Å². The van der Waals surface area contributed by atoms with Crippen LogP contribution in [0.2, 0.25) is 5.02 Å². The number of amides is 3. The zero-order chi connectivity index (χ0) is 17.3. The molecule has 1 aliphatic heterocycles. The van der Waals surface area contributed by atoms with Crippen molar-refractivity contribution in [2.24, 2.45) is 0 Å². The first kappa shape index (κ1) is 16.2. The third-order valence-corrected chi connectivity index (χ3v) is 4.30. The first-order valence-electron chi connectivity index (χ1n) is 7.45. The molecule has 0 saturated carbocycles. The number of carbonyl (C=O) groups is 3. The van der Waals surface area contributed by atoms with E-state index in [4.69, 9.17) is 11.6 Å². The van der Waals surface area contributed by atoms with Crippen LogP contribution in [0.4, 0.5) is 0 Å². The molecule has 3 rings (SSSR count). The van der Waals surface area contributed by atoms with E-state index >= 15 is 0 Å². The standard InChI is InChI=1S/C18H15ClN2O3/c1-11-5-2-3-6-12(11)9-20-15(22)10-21-17(23)13-7-4-8-14(19)16(13)18(21)24/h2-8H,9-10H2,1H3,(H,20,22). The van der Waals surface area contributed by atoms with E-state index < -0.39 is 17.7 Å². The molecule has 6 heteroatoms. The molecular weight excluding hydrogens is 328 g/mol. The smallest absolute Gasteiger partial charge is 0.263 e. The number of carbonyl (C=O) groups excluding carboxylic acids is 3. The Balaban J connectivity index is 1.68. The van der Waals surface area contributed by atoms with Crippen LogP contribution in [0.3, 0.4) is 0 Å². The van der Waals surface area contributed by atoms with Crippen molar-refractivity contribution in [1.29, 1.82) is 0 Å². The third kappa shape index (κ3) is 2.90. The van der Waals surface area contributed by atoms with Crippen LogP contribution in [-0.4, -0.2) is 29.2 Å². The molecule has 24 heavy (non-hydrogen) atoms. The van der Waals surface area contributed by atoms with Crippen molar-refractivity contribution in [3.8, 4) is 0 Å². The Morgan fingerprint density at radius 2 is 1.83 bits per heavy atom. The first-order valence-corrected chi connectivity index (χ1v) is 7.82. The van der Waals surface area contributed by atoms with E-state index in [0.29, 0.717) is 6.54 Å². The molecule has 0 atom stereocenters. The Morgan fingerprint density at radius 1 is 1.08 bits per heavy atom. The van der Waals surface area contributed by atoms with Crippen LogP contribution in [0.25, 0.3) is 0 Å². The summed E-state index contributed by atoms with van der Waals surface area (Å²) in [6.07, 6.45) is 0. The van der Waals surface area contributed by atoms with Crippen molar-refractivity contribution in [3.63, 3.8) is 0 Å². The lowest BCUT2D eigenvalue weighted by molar-refractivity contribution is -0.121. The van der Waals surface area contributed by atoms with E-state index in [1.165, 1.54) is 6.07 Å². The SMILES string of the molecule is Cc1ccccc1CNC(=O)CN1C(=O)c2cccc(Cl)c2C1=O. The van der Waals surface area contributed by atoms with Crippen LogP contribution in [0.1, 0.15) is 31.8 Å². The summed E-state index contributed by atoms with van der Waals surface area (Å²) < 4.78 is 0. The normalized spacial score (nSPS) is 13.2. The van der Waals surface area contributed by atoms with E-state index in [1.54, 1.807) is 12.1 Å². The van der Waals surface area contributed by atoms with Crippen LogP contribution in [-0.2, 0) is 11.3 Å². The number of rotatable bonds is 4. The zero-order valence-corrected chi connectivity index (χ0v) is 13.8. The highest BCUT2D eigenvalue weighted by atomic mass is 35.5. The lowest BCUT2D eigenvalue weighted by atomic mass is 10.1. The summed E-state index contributed by atoms with van der Waals surface area (Å²) in [7, 11) is 0. The van der Waals surface area contributed by atoms with Gasteiger partial charge in [0.2, 0.25) is 5.91 Å². The fourth-order valence-electron chi connectivity index (χ4n) is 2.64. The van der Waals surface area contributed by atoms with Gasteiger partial charge in [0, 0.05) is 6.54 Å². The third-order valence-electron chi connectivity index (χ3n) is 3.99. The lowest BCUT2D eigenvalue weighted by Crippen LogP contribution is -2.40. The average Bonchev–Trinajstić information content (AvgIpc) is 2.80. The lowest BCUT2D eigenvalue weighted by Gasteiger charge is -2.14.